The maximum absolute atomic E-state index is 12.7. The highest BCUT2D eigenvalue weighted by molar-refractivity contribution is 6.20. The van der Waals surface area contributed by atoms with E-state index in [2.05, 4.69) is 5.32 Å². The van der Waals surface area contributed by atoms with Crippen LogP contribution in [-0.2, 0) is 9.63 Å². The molecule has 0 saturated carbocycles. The third kappa shape index (κ3) is 3.73. The third-order valence-corrected chi connectivity index (χ3v) is 3.34. The first-order valence-corrected chi connectivity index (χ1v) is 7.44. The van der Waals surface area contributed by atoms with Crippen molar-refractivity contribution in [3.05, 3.63) is 35.4 Å². The van der Waals surface area contributed by atoms with Crippen LogP contribution >= 0.6 is 0 Å². The summed E-state index contributed by atoms with van der Waals surface area (Å²) in [5.41, 5.74) is 0.415. The van der Waals surface area contributed by atoms with Crippen molar-refractivity contribution in [1.82, 2.24) is 10.4 Å². The fraction of sp³-hybridized carbons (Fsp3) is 0.438. The summed E-state index contributed by atoms with van der Waals surface area (Å²) in [5.74, 6) is -1.63. The van der Waals surface area contributed by atoms with Crippen LogP contribution in [-0.4, -0.2) is 42.1 Å². The van der Waals surface area contributed by atoms with E-state index in [1.54, 1.807) is 12.1 Å². The van der Waals surface area contributed by atoms with Gasteiger partial charge < -0.3 is 5.32 Å². The van der Waals surface area contributed by atoms with Crippen LogP contribution in [0.25, 0.3) is 0 Å². The first kappa shape index (κ1) is 17.1. The number of benzene rings is 1. The van der Waals surface area contributed by atoms with Crippen molar-refractivity contribution in [2.45, 2.75) is 26.4 Å². The highest BCUT2D eigenvalue weighted by atomic mass is 19.1. The van der Waals surface area contributed by atoms with Crippen LogP contribution in [0, 0.1) is 5.92 Å². The molecule has 7 heteroatoms. The maximum atomic E-state index is 12.7. The number of halogens is 1. The first-order valence-electron chi connectivity index (χ1n) is 7.44. The molecule has 0 fully saturated rings. The number of imide groups is 1. The number of alkyl halides is 1. The van der Waals surface area contributed by atoms with E-state index in [1.807, 2.05) is 13.8 Å². The summed E-state index contributed by atoms with van der Waals surface area (Å²) in [7, 11) is 0. The molecular formula is C16H19FN2O4. The molecule has 0 unspecified atom stereocenters. The molecule has 6 nitrogen and oxygen atoms in total. The molecule has 0 bridgehead atoms. The Labute approximate surface area is 133 Å². The zero-order valence-electron chi connectivity index (χ0n) is 13.0. The van der Waals surface area contributed by atoms with Crippen LogP contribution in [0.1, 0.15) is 41.0 Å². The van der Waals surface area contributed by atoms with Crippen LogP contribution in [0.15, 0.2) is 24.3 Å². The van der Waals surface area contributed by atoms with Gasteiger partial charge in [-0.1, -0.05) is 26.0 Å². The van der Waals surface area contributed by atoms with Gasteiger partial charge in [-0.05, 0) is 18.1 Å². The second-order valence-electron chi connectivity index (χ2n) is 5.66. The lowest BCUT2D eigenvalue weighted by molar-refractivity contribution is -0.161. The van der Waals surface area contributed by atoms with Crippen LogP contribution in [0.4, 0.5) is 4.39 Å². The maximum Gasteiger partial charge on any atom is 0.285 e. The average molecular weight is 322 g/mol. The molecule has 2 rings (SSSR count). The van der Waals surface area contributed by atoms with E-state index in [4.69, 9.17) is 4.84 Å². The number of hydrogen-bond acceptors (Lipinski definition) is 4. The molecule has 0 aromatic heterocycles. The Morgan fingerprint density at radius 3 is 2.26 bits per heavy atom. The lowest BCUT2D eigenvalue weighted by Gasteiger charge is -2.21. The van der Waals surface area contributed by atoms with Gasteiger partial charge in [-0.2, -0.15) is 0 Å². The van der Waals surface area contributed by atoms with Gasteiger partial charge in [-0.15, -0.1) is 5.06 Å². The van der Waals surface area contributed by atoms with Crippen LogP contribution in [0.5, 0.6) is 0 Å². The minimum Gasteiger partial charge on any atom is -0.353 e. The van der Waals surface area contributed by atoms with Gasteiger partial charge in [0, 0.05) is 13.0 Å². The van der Waals surface area contributed by atoms with Crippen LogP contribution in [0.3, 0.4) is 0 Å². The number of rotatable bonds is 7. The van der Waals surface area contributed by atoms with E-state index >= 15 is 0 Å². The summed E-state index contributed by atoms with van der Waals surface area (Å²) in [6, 6.07) is 6.26. The van der Waals surface area contributed by atoms with Crippen molar-refractivity contribution < 1.29 is 23.6 Å². The van der Waals surface area contributed by atoms with Crippen molar-refractivity contribution in [2.24, 2.45) is 5.92 Å². The number of hydrogen-bond donors (Lipinski definition) is 1. The molecule has 0 radical (unpaired) electrons. The number of nitrogens with one attached hydrogen (secondary N) is 1. The van der Waals surface area contributed by atoms with E-state index in [9.17, 15) is 18.8 Å². The van der Waals surface area contributed by atoms with Gasteiger partial charge in [0.1, 0.15) is 0 Å². The van der Waals surface area contributed by atoms with Crippen molar-refractivity contribution in [3.8, 4) is 0 Å². The standard InChI is InChI=1S/C16H19FN2O4/c1-10(2)9-18-14(20)13(7-8-17)23-19-15(21)11-5-3-4-6-12(11)16(19)22/h3-6,10,13H,7-9H2,1-2H3,(H,18,20)/t13-/m1/s1. The summed E-state index contributed by atoms with van der Waals surface area (Å²) in [6.07, 6.45) is -1.47. The van der Waals surface area contributed by atoms with Crippen molar-refractivity contribution in [3.63, 3.8) is 0 Å². The first-order chi connectivity index (χ1) is 11.0. The van der Waals surface area contributed by atoms with E-state index in [1.165, 1.54) is 12.1 Å². The van der Waals surface area contributed by atoms with Crippen molar-refractivity contribution in [1.29, 1.82) is 0 Å². The molecule has 1 aromatic rings. The predicted molar refractivity (Wildman–Crippen MR) is 80.3 cm³/mol. The Morgan fingerprint density at radius 1 is 1.22 bits per heavy atom. The molecule has 0 spiro atoms. The van der Waals surface area contributed by atoms with Gasteiger partial charge >= 0.3 is 0 Å². The summed E-state index contributed by atoms with van der Waals surface area (Å²) >= 11 is 0. The highest BCUT2D eigenvalue weighted by Crippen LogP contribution is 2.23. The minimum atomic E-state index is -1.24. The summed E-state index contributed by atoms with van der Waals surface area (Å²) in [5, 5.41) is 3.15. The van der Waals surface area contributed by atoms with Gasteiger partial charge in [0.25, 0.3) is 17.7 Å². The Balaban J connectivity index is 2.10. The molecule has 1 aliphatic heterocycles. The van der Waals surface area contributed by atoms with E-state index in [0.717, 1.165) is 0 Å². The molecule has 1 heterocycles. The van der Waals surface area contributed by atoms with Gasteiger partial charge in [0.2, 0.25) is 0 Å². The fourth-order valence-electron chi connectivity index (χ4n) is 2.14. The number of nitrogens with zero attached hydrogens (tertiary/aromatic N) is 1. The molecular weight excluding hydrogens is 303 g/mol. The lowest BCUT2D eigenvalue weighted by atomic mass is 10.1. The normalized spacial score (nSPS) is 15.0. The molecule has 124 valence electrons. The van der Waals surface area contributed by atoms with Gasteiger partial charge in [-0.25, -0.2) is 4.84 Å². The zero-order valence-corrected chi connectivity index (χ0v) is 13.0. The molecule has 1 aliphatic rings. The Bertz CT molecular complexity index is 583. The summed E-state index contributed by atoms with van der Waals surface area (Å²) in [6.45, 7) is 3.42. The average Bonchev–Trinajstić information content (AvgIpc) is 2.77. The largest absolute Gasteiger partial charge is 0.353 e. The topological polar surface area (TPSA) is 75.7 Å². The zero-order chi connectivity index (χ0) is 17.0. The van der Waals surface area contributed by atoms with Crippen LogP contribution < -0.4 is 5.32 Å². The number of amides is 3. The second kappa shape index (κ2) is 7.32. The molecule has 0 aliphatic carbocycles. The van der Waals surface area contributed by atoms with E-state index in [0.29, 0.717) is 11.6 Å². The number of carbonyl (C=O) groups is 3. The molecule has 1 atom stereocenters. The predicted octanol–water partition coefficient (Wildman–Crippen LogP) is 1.71. The molecule has 23 heavy (non-hydrogen) atoms. The molecule has 3 amide bonds. The van der Waals surface area contributed by atoms with Gasteiger partial charge in [0.15, 0.2) is 6.10 Å². The quantitative estimate of drug-likeness (QED) is 0.776. The Hall–Kier alpha value is -2.28. The SMILES string of the molecule is CC(C)CNC(=O)[C@@H](CCF)ON1C(=O)c2ccccc2C1=O. The van der Waals surface area contributed by atoms with Crippen LogP contribution in [0.2, 0.25) is 0 Å². The highest BCUT2D eigenvalue weighted by Gasteiger charge is 2.39. The Morgan fingerprint density at radius 2 is 1.78 bits per heavy atom. The summed E-state index contributed by atoms with van der Waals surface area (Å²) < 4.78 is 12.7. The molecule has 1 aromatic carbocycles. The molecule has 0 saturated heterocycles. The molecule has 1 N–H and O–H groups in total. The number of fused-ring (bicyclic) bond motifs is 1. The monoisotopic (exact) mass is 322 g/mol. The van der Waals surface area contributed by atoms with E-state index in [-0.39, 0.29) is 23.5 Å². The smallest absolute Gasteiger partial charge is 0.285 e. The third-order valence-electron chi connectivity index (χ3n) is 3.34. The Kier molecular flexibility index (Phi) is 5.44. The summed E-state index contributed by atoms with van der Waals surface area (Å²) in [4.78, 5) is 41.7. The number of carbonyl (C=O) groups excluding carboxylic acids is 3. The van der Waals surface area contributed by atoms with E-state index < -0.39 is 30.5 Å². The number of hydroxylamine groups is 2. The fourth-order valence-corrected chi connectivity index (χ4v) is 2.14. The van der Waals surface area contributed by atoms with Crippen molar-refractivity contribution in [2.75, 3.05) is 13.2 Å². The minimum absolute atomic E-state index is 0.207. The van der Waals surface area contributed by atoms with Gasteiger partial charge in [-0.3, -0.25) is 18.8 Å². The second-order valence-corrected chi connectivity index (χ2v) is 5.66. The lowest BCUT2D eigenvalue weighted by Crippen LogP contribution is -2.44. The van der Waals surface area contributed by atoms with Crippen molar-refractivity contribution >= 4 is 17.7 Å². The van der Waals surface area contributed by atoms with Gasteiger partial charge in [0.05, 0.1) is 17.8 Å².